The zero-order chi connectivity index (χ0) is 19.7. The molecule has 1 rings (SSSR count). The Kier molecular flexibility index (Phi) is 14.1. The molecule has 1 aliphatic rings. The largest absolute Gasteiger partial charge is 2.00 e. The molecular formula is C10H12F6O6PdS2. The van der Waals surface area contributed by atoms with E-state index in [9.17, 15) is 26.3 Å². The third kappa shape index (κ3) is 16.7. The summed E-state index contributed by atoms with van der Waals surface area (Å²) in [5, 5.41) is 0. The Hall–Kier alpha value is -0.458. The number of halogens is 6. The summed E-state index contributed by atoms with van der Waals surface area (Å²) in [7, 11) is -12.2. The third-order valence-electron chi connectivity index (χ3n) is 1.90. The van der Waals surface area contributed by atoms with Crippen molar-refractivity contribution in [2.75, 3.05) is 0 Å². The minimum absolute atomic E-state index is 0. The average Bonchev–Trinajstić information content (AvgIpc) is 2.23. The number of allylic oxidation sites excluding steroid dienone is 4. The van der Waals surface area contributed by atoms with Crippen LogP contribution in [0, 0.1) is 0 Å². The van der Waals surface area contributed by atoms with Gasteiger partial charge in [0.25, 0.3) is 0 Å². The smallest absolute Gasteiger partial charge is 0.741 e. The van der Waals surface area contributed by atoms with E-state index in [2.05, 4.69) is 24.3 Å². The van der Waals surface area contributed by atoms with Crippen molar-refractivity contribution in [3.05, 3.63) is 24.3 Å². The molecule has 0 aromatic heterocycles. The average molecular weight is 513 g/mol. The van der Waals surface area contributed by atoms with Gasteiger partial charge in [0.15, 0.2) is 20.2 Å². The molecule has 0 aromatic carbocycles. The number of alkyl halides is 6. The van der Waals surface area contributed by atoms with Crippen molar-refractivity contribution < 1.29 is 72.7 Å². The molecule has 15 heteroatoms. The summed E-state index contributed by atoms with van der Waals surface area (Å²) in [6.07, 6.45) is 14.0. The summed E-state index contributed by atoms with van der Waals surface area (Å²) < 4.78 is 118. The van der Waals surface area contributed by atoms with Gasteiger partial charge >= 0.3 is 31.4 Å². The van der Waals surface area contributed by atoms with Crippen molar-refractivity contribution in [3.8, 4) is 0 Å². The minimum Gasteiger partial charge on any atom is -0.741 e. The summed E-state index contributed by atoms with van der Waals surface area (Å²) in [6, 6.07) is 0. The fourth-order valence-corrected chi connectivity index (χ4v) is 0.856. The minimum atomic E-state index is -6.09. The summed E-state index contributed by atoms with van der Waals surface area (Å²) in [5.41, 5.74) is -11.3. The molecule has 0 aliphatic heterocycles. The Morgan fingerprint density at radius 2 is 0.720 bits per heavy atom. The van der Waals surface area contributed by atoms with Gasteiger partial charge < -0.3 is 9.11 Å². The van der Waals surface area contributed by atoms with Crippen molar-refractivity contribution in [2.24, 2.45) is 0 Å². The zero-order valence-electron chi connectivity index (χ0n) is 12.0. The molecule has 0 amide bonds. The molecule has 0 unspecified atom stereocenters. The summed E-state index contributed by atoms with van der Waals surface area (Å²) >= 11 is 0. The number of hydrogen-bond acceptors (Lipinski definition) is 6. The second-order valence-electron chi connectivity index (χ2n) is 3.90. The Labute approximate surface area is 154 Å². The maximum absolute atomic E-state index is 10.7. The summed E-state index contributed by atoms with van der Waals surface area (Å²) in [5.74, 6) is 0. The van der Waals surface area contributed by atoms with E-state index in [0.717, 1.165) is 0 Å². The second kappa shape index (κ2) is 12.0. The summed E-state index contributed by atoms with van der Waals surface area (Å²) in [6.45, 7) is 0. The van der Waals surface area contributed by atoms with Crippen LogP contribution in [0.4, 0.5) is 26.3 Å². The SMILES string of the molecule is C1=C\CC/C=C\CC/1.O=S(=O)([O-])C(F)(F)F.O=S(=O)([O-])C(F)(F)F.[Pd+2]. The van der Waals surface area contributed by atoms with Gasteiger partial charge in [-0.15, -0.1) is 0 Å². The van der Waals surface area contributed by atoms with Crippen molar-refractivity contribution in [2.45, 2.75) is 36.7 Å². The third-order valence-corrected chi connectivity index (χ3v) is 3.03. The number of hydrogen-bond donors (Lipinski definition) is 0. The fourth-order valence-electron chi connectivity index (χ4n) is 0.856. The normalized spacial score (nSPS) is 17.9. The van der Waals surface area contributed by atoms with Gasteiger partial charge in [-0.1, -0.05) is 24.3 Å². The Bertz CT molecular complexity index is 553. The van der Waals surface area contributed by atoms with Gasteiger partial charge in [0.05, 0.1) is 0 Å². The van der Waals surface area contributed by atoms with Crippen molar-refractivity contribution in [3.63, 3.8) is 0 Å². The first-order valence-electron chi connectivity index (χ1n) is 5.84. The van der Waals surface area contributed by atoms with Crippen LogP contribution in [0.2, 0.25) is 0 Å². The van der Waals surface area contributed by atoms with Crippen LogP contribution in [0.15, 0.2) is 24.3 Å². The molecule has 25 heavy (non-hydrogen) atoms. The molecule has 0 N–H and O–H groups in total. The van der Waals surface area contributed by atoms with Gasteiger partial charge in [-0.3, -0.25) is 0 Å². The van der Waals surface area contributed by atoms with Gasteiger partial charge in [0.2, 0.25) is 0 Å². The van der Waals surface area contributed by atoms with E-state index < -0.39 is 31.3 Å². The predicted octanol–water partition coefficient (Wildman–Crippen LogP) is 2.77. The Morgan fingerprint density at radius 1 is 0.600 bits per heavy atom. The van der Waals surface area contributed by atoms with E-state index in [1.807, 2.05) is 0 Å². The fraction of sp³-hybridized carbons (Fsp3) is 0.600. The standard InChI is InChI=1S/C8H12.2CHF3O3S.Pd/c1-2-4-6-8-7-5-3-1;2*2-1(3,4)8(5,6)7;/h1-2,7-8H,3-6H2;2*(H,5,6,7);/q;;;+2/p-2/b2-1-,8-7-;;;. The van der Waals surface area contributed by atoms with Crippen LogP contribution in [0.1, 0.15) is 25.7 Å². The Balaban J connectivity index is -0.000000285. The van der Waals surface area contributed by atoms with E-state index in [-0.39, 0.29) is 20.4 Å². The molecule has 1 aliphatic carbocycles. The van der Waals surface area contributed by atoms with E-state index >= 15 is 0 Å². The molecule has 0 heterocycles. The van der Waals surface area contributed by atoms with Crippen LogP contribution in [0.5, 0.6) is 0 Å². The van der Waals surface area contributed by atoms with Crippen LogP contribution in [-0.4, -0.2) is 37.0 Å². The Morgan fingerprint density at radius 3 is 0.800 bits per heavy atom. The number of rotatable bonds is 0. The first kappa shape index (κ1) is 29.3. The van der Waals surface area contributed by atoms with Gasteiger partial charge in [-0.25, -0.2) is 16.8 Å². The quantitative estimate of drug-likeness (QED) is 0.162. The van der Waals surface area contributed by atoms with E-state index in [0.29, 0.717) is 0 Å². The molecule has 0 radical (unpaired) electrons. The van der Waals surface area contributed by atoms with Crippen LogP contribution < -0.4 is 0 Å². The second-order valence-corrected chi connectivity index (χ2v) is 6.64. The first-order chi connectivity index (χ1) is 10.5. The monoisotopic (exact) mass is 512 g/mol. The van der Waals surface area contributed by atoms with Crippen LogP contribution >= 0.6 is 0 Å². The zero-order valence-corrected chi connectivity index (χ0v) is 15.2. The molecule has 0 saturated heterocycles. The molecule has 0 spiro atoms. The molecule has 0 atom stereocenters. The van der Waals surface area contributed by atoms with Crippen LogP contribution in [-0.2, 0) is 40.7 Å². The first-order valence-corrected chi connectivity index (χ1v) is 8.66. The molecule has 0 fully saturated rings. The maximum Gasteiger partial charge on any atom is 2.00 e. The summed E-state index contributed by atoms with van der Waals surface area (Å²) in [4.78, 5) is 0. The van der Waals surface area contributed by atoms with Crippen molar-refractivity contribution >= 4 is 20.2 Å². The van der Waals surface area contributed by atoms with Gasteiger partial charge in [0, 0.05) is 0 Å². The molecule has 0 bridgehead atoms. The van der Waals surface area contributed by atoms with E-state index in [1.54, 1.807) is 0 Å². The van der Waals surface area contributed by atoms with Gasteiger partial charge in [-0.05, 0) is 25.7 Å². The topological polar surface area (TPSA) is 114 Å². The molecule has 152 valence electrons. The van der Waals surface area contributed by atoms with Crippen molar-refractivity contribution in [1.82, 2.24) is 0 Å². The van der Waals surface area contributed by atoms with Gasteiger partial charge in [-0.2, -0.15) is 26.3 Å². The van der Waals surface area contributed by atoms with Crippen molar-refractivity contribution in [1.29, 1.82) is 0 Å². The van der Waals surface area contributed by atoms with Gasteiger partial charge in [0.1, 0.15) is 0 Å². The van der Waals surface area contributed by atoms with Crippen LogP contribution in [0.25, 0.3) is 0 Å². The predicted molar refractivity (Wildman–Crippen MR) is 68.3 cm³/mol. The molecule has 0 aromatic rings. The maximum atomic E-state index is 10.7. The van der Waals surface area contributed by atoms with Crippen LogP contribution in [0.3, 0.4) is 0 Å². The van der Waals surface area contributed by atoms with E-state index in [4.69, 9.17) is 25.9 Å². The van der Waals surface area contributed by atoms with E-state index in [1.165, 1.54) is 25.7 Å². The molecular weight excluding hydrogens is 501 g/mol. The molecule has 0 saturated carbocycles. The molecule has 6 nitrogen and oxygen atoms in total.